The SMILES string of the molecule is CCCNc1ncc(-c2cccnc2-c2ccccc2Oc2ccccc2)s1. The Kier molecular flexibility index (Phi) is 5.64. The van der Waals surface area contributed by atoms with E-state index in [1.165, 1.54) is 0 Å². The fourth-order valence-corrected chi connectivity index (χ4v) is 3.77. The van der Waals surface area contributed by atoms with Gasteiger partial charge in [-0.1, -0.05) is 48.6 Å². The van der Waals surface area contributed by atoms with Crippen LogP contribution in [0.4, 0.5) is 5.13 Å². The minimum absolute atomic E-state index is 0.780. The highest BCUT2D eigenvalue weighted by molar-refractivity contribution is 7.18. The number of para-hydroxylation sites is 2. The van der Waals surface area contributed by atoms with Gasteiger partial charge in [-0.15, -0.1) is 0 Å². The van der Waals surface area contributed by atoms with Crippen LogP contribution >= 0.6 is 11.3 Å². The third-order valence-electron chi connectivity index (χ3n) is 4.22. The molecule has 5 heteroatoms. The molecule has 0 spiro atoms. The van der Waals surface area contributed by atoms with Crippen molar-refractivity contribution >= 4 is 16.5 Å². The average Bonchev–Trinajstić information content (AvgIpc) is 3.22. The van der Waals surface area contributed by atoms with Crippen molar-refractivity contribution in [3.8, 4) is 33.2 Å². The van der Waals surface area contributed by atoms with Crippen molar-refractivity contribution in [2.24, 2.45) is 0 Å². The second-order valence-electron chi connectivity index (χ2n) is 6.27. The minimum Gasteiger partial charge on any atom is -0.457 e. The maximum Gasteiger partial charge on any atom is 0.183 e. The van der Waals surface area contributed by atoms with Crippen molar-refractivity contribution in [1.29, 1.82) is 0 Å². The molecule has 28 heavy (non-hydrogen) atoms. The third-order valence-corrected chi connectivity index (χ3v) is 5.21. The number of benzene rings is 2. The summed E-state index contributed by atoms with van der Waals surface area (Å²) in [7, 11) is 0. The largest absolute Gasteiger partial charge is 0.457 e. The molecule has 4 aromatic rings. The normalized spacial score (nSPS) is 10.6. The first kappa shape index (κ1) is 18.2. The highest BCUT2D eigenvalue weighted by Gasteiger charge is 2.15. The molecule has 140 valence electrons. The highest BCUT2D eigenvalue weighted by atomic mass is 32.1. The van der Waals surface area contributed by atoms with E-state index < -0.39 is 0 Å². The van der Waals surface area contributed by atoms with Crippen LogP contribution in [0, 0.1) is 0 Å². The molecule has 1 N–H and O–H groups in total. The summed E-state index contributed by atoms with van der Waals surface area (Å²) in [6.07, 6.45) is 4.79. The molecule has 0 aliphatic rings. The Balaban J connectivity index is 1.72. The lowest BCUT2D eigenvalue weighted by Crippen LogP contribution is -1.97. The van der Waals surface area contributed by atoms with Gasteiger partial charge in [-0.25, -0.2) is 4.98 Å². The molecule has 4 nitrogen and oxygen atoms in total. The van der Waals surface area contributed by atoms with E-state index in [4.69, 9.17) is 4.74 Å². The molecule has 0 bridgehead atoms. The maximum absolute atomic E-state index is 6.15. The van der Waals surface area contributed by atoms with Gasteiger partial charge in [0.15, 0.2) is 5.13 Å². The lowest BCUT2D eigenvalue weighted by Gasteiger charge is -2.13. The second-order valence-corrected chi connectivity index (χ2v) is 7.30. The fraction of sp³-hybridized carbons (Fsp3) is 0.130. The minimum atomic E-state index is 0.780. The quantitative estimate of drug-likeness (QED) is 0.394. The number of hydrogen-bond donors (Lipinski definition) is 1. The third kappa shape index (κ3) is 4.05. The van der Waals surface area contributed by atoms with E-state index >= 15 is 0 Å². The predicted octanol–water partition coefficient (Wildman–Crippen LogP) is 6.49. The number of aromatic nitrogens is 2. The first-order valence-electron chi connectivity index (χ1n) is 9.32. The van der Waals surface area contributed by atoms with Crippen LogP contribution in [0.15, 0.2) is 79.1 Å². The first-order valence-corrected chi connectivity index (χ1v) is 10.1. The van der Waals surface area contributed by atoms with E-state index in [9.17, 15) is 0 Å². The van der Waals surface area contributed by atoms with E-state index in [1.54, 1.807) is 11.3 Å². The number of pyridine rings is 1. The highest BCUT2D eigenvalue weighted by Crippen LogP contribution is 2.39. The molecule has 0 saturated carbocycles. The van der Waals surface area contributed by atoms with Crippen molar-refractivity contribution in [3.63, 3.8) is 0 Å². The van der Waals surface area contributed by atoms with Gasteiger partial charge in [0.25, 0.3) is 0 Å². The molecule has 2 heterocycles. The Morgan fingerprint density at radius 2 is 1.68 bits per heavy atom. The van der Waals surface area contributed by atoms with E-state index in [2.05, 4.69) is 28.3 Å². The zero-order chi connectivity index (χ0) is 19.2. The number of hydrogen-bond acceptors (Lipinski definition) is 5. The van der Waals surface area contributed by atoms with Crippen LogP contribution in [0.3, 0.4) is 0 Å². The number of thiazole rings is 1. The van der Waals surface area contributed by atoms with Gasteiger partial charge in [0, 0.05) is 30.1 Å². The van der Waals surface area contributed by atoms with Crippen LogP contribution < -0.4 is 10.1 Å². The van der Waals surface area contributed by atoms with Crippen molar-refractivity contribution in [3.05, 3.63) is 79.1 Å². The Bertz CT molecular complexity index is 1050. The molecule has 0 aliphatic carbocycles. The molecule has 0 saturated heterocycles. The van der Waals surface area contributed by atoms with Gasteiger partial charge in [0.05, 0.1) is 10.6 Å². The maximum atomic E-state index is 6.15. The zero-order valence-corrected chi connectivity index (χ0v) is 16.4. The van der Waals surface area contributed by atoms with E-state index in [-0.39, 0.29) is 0 Å². The first-order chi connectivity index (χ1) is 13.8. The van der Waals surface area contributed by atoms with Gasteiger partial charge in [-0.05, 0) is 42.8 Å². The lowest BCUT2D eigenvalue weighted by molar-refractivity contribution is 0.484. The van der Waals surface area contributed by atoms with Gasteiger partial charge in [-0.2, -0.15) is 0 Å². The van der Waals surface area contributed by atoms with Crippen LogP contribution in [-0.4, -0.2) is 16.5 Å². The molecule has 0 atom stereocenters. The number of ether oxygens (including phenoxy) is 1. The fourth-order valence-electron chi connectivity index (χ4n) is 2.90. The molecule has 0 fully saturated rings. The van der Waals surface area contributed by atoms with Gasteiger partial charge >= 0.3 is 0 Å². The van der Waals surface area contributed by atoms with E-state index in [0.717, 1.165) is 51.3 Å². The summed E-state index contributed by atoms with van der Waals surface area (Å²) in [5, 5.41) is 4.28. The summed E-state index contributed by atoms with van der Waals surface area (Å²) in [6, 6.07) is 21.8. The van der Waals surface area contributed by atoms with Gasteiger partial charge in [-0.3, -0.25) is 4.98 Å². The molecule has 0 aliphatic heterocycles. The van der Waals surface area contributed by atoms with Crippen LogP contribution in [-0.2, 0) is 0 Å². The monoisotopic (exact) mass is 387 g/mol. The standard InChI is InChI=1S/C23H21N3OS/c1-2-14-25-23-26-16-21(28-23)19-12-8-15-24-22(19)18-11-6-7-13-20(18)27-17-9-4-3-5-10-17/h3-13,15-16H,2,14H2,1H3,(H,25,26). The Morgan fingerprint density at radius 1 is 0.893 bits per heavy atom. The number of anilines is 1. The average molecular weight is 388 g/mol. The zero-order valence-electron chi connectivity index (χ0n) is 15.6. The van der Waals surface area contributed by atoms with Crippen LogP contribution in [0.2, 0.25) is 0 Å². The number of nitrogens with zero attached hydrogens (tertiary/aromatic N) is 2. The molecule has 2 aromatic heterocycles. The summed E-state index contributed by atoms with van der Waals surface area (Å²) in [5.41, 5.74) is 2.90. The lowest BCUT2D eigenvalue weighted by atomic mass is 10.0. The second kappa shape index (κ2) is 8.67. The summed E-state index contributed by atoms with van der Waals surface area (Å²) in [5.74, 6) is 1.58. The van der Waals surface area contributed by atoms with E-state index in [0.29, 0.717) is 0 Å². The van der Waals surface area contributed by atoms with Crippen molar-refractivity contribution in [2.45, 2.75) is 13.3 Å². The summed E-state index contributed by atoms with van der Waals surface area (Å²) >= 11 is 1.64. The van der Waals surface area contributed by atoms with Gasteiger partial charge < -0.3 is 10.1 Å². The number of nitrogens with one attached hydrogen (secondary N) is 1. The molecule has 2 aromatic carbocycles. The van der Waals surface area contributed by atoms with E-state index in [1.807, 2.05) is 73.1 Å². The Hall–Kier alpha value is -3.18. The smallest absolute Gasteiger partial charge is 0.183 e. The summed E-state index contributed by atoms with van der Waals surface area (Å²) in [6.45, 7) is 3.06. The molecule has 0 radical (unpaired) electrons. The summed E-state index contributed by atoms with van der Waals surface area (Å²) in [4.78, 5) is 10.3. The number of rotatable bonds is 7. The topological polar surface area (TPSA) is 47.0 Å². The Labute approximate surface area is 168 Å². The molecule has 0 amide bonds. The van der Waals surface area contributed by atoms with Crippen molar-refractivity contribution in [1.82, 2.24) is 9.97 Å². The van der Waals surface area contributed by atoms with Gasteiger partial charge in [0.1, 0.15) is 11.5 Å². The van der Waals surface area contributed by atoms with Crippen molar-refractivity contribution < 1.29 is 4.74 Å². The van der Waals surface area contributed by atoms with Gasteiger partial charge in [0.2, 0.25) is 0 Å². The summed E-state index contributed by atoms with van der Waals surface area (Å²) < 4.78 is 6.15. The Morgan fingerprint density at radius 3 is 2.54 bits per heavy atom. The molecular formula is C23H21N3OS. The molecule has 0 unspecified atom stereocenters. The predicted molar refractivity (Wildman–Crippen MR) is 116 cm³/mol. The van der Waals surface area contributed by atoms with Crippen molar-refractivity contribution in [2.75, 3.05) is 11.9 Å². The molecule has 4 rings (SSSR count). The van der Waals surface area contributed by atoms with Crippen LogP contribution in [0.5, 0.6) is 11.5 Å². The molecular weight excluding hydrogens is 366 g/mol. The van der Waals surface area contributed by atoms with Crippen LogP contribution in [0.25, 0.3) is 21.7 Å². The van der Waals surface area contributed by atoms with Crippen LogP contribution in [0.1, 0.15) is 13.3 Å².